The Labute approximate surface area is 101 Å². The first-order valence-corrected chi connectivity index (χ1v) is 7.46. The Bertz CT molecular complexity index is 425. The van der Waals surface area contributed by atoms with Gasteiger partial charge in [-0.1, -0.05) is 19.1 Å². The third kappa shape index (κ3) is 3.47. The van der Waals surface area contributed by atoms with Crippen LogP contribution in [0.2, 0.25) is 0 Å². The summed E-state index contributed by atoms with van der Waals surface area (Å²) in [4.78, 5) is 0.115. The number of benzene rings is 1. The predicted molar refractivity (Wildman–Crippen MR) is 64.1 cm³/mol. The maximum Gasteiger partial charge on any atom is 0.261 e. The summed E-state index contributed by atoms with van der Waals surface area (Å²) < 4.78 is 27.6. The maximum absolute atomic E-state index is 11.0. The molecule has 0 aromatic heterocycles. The number of hydrogen-bond donors (Lipinski definition) is 0. The molecule has 0 aliphatic carbocycles. The van der Waals surface area contributed by atoms with Gasteiger partial charge in [-0.25, -0.2) is 8.42 Å². The molecule has 0 saturated heterocycles. The highest BCUT2D eigenvalue weighted by atomic mass is 35.7. The van der Waals surface area contributed by atoms with Crippen molar-refractivity contribution in [3.63, 3.8) is 0 Å². The zero-order chi connectivity index (χ0) is 12.2. The van der Waals surface area contributed by atoms with Crippen molar-refractivity contribution in [1.82, 2.24) is 0 Å². The second kappa shape index (κ2) is 5.66. The summed E-state index contributed by atoms with van der Waals surface area (Å²) in [6.45, 7) is 4.58. The van der Waals surface area contributed by atoms with E-state index in [1.165, 1.54) is 12.1 Å². The van der Waals surface area contributed by atoms with Crippen LogP contribution < -0.4 is 0 Å². The van der Waals surface area contributed by atoms with Gasteiger partial charge >= 0.3 is 0 Å². The lowest BCUT2D eigenvalue weighted by Gasteiger charge is -2.15. The fourth-order valence-corrected chi connectivity index (χ4v) is 2.27. The molecular formula is C11H15ClO3S. The molecule has 1 unspecified atom stereocenters. The van der Waals surface area contributed by atoms with Crippen LogP contribution in [0.25, 0.3) is 0 Å². The van der Waals surface area contributed by atoms with E-state index in [1.54, 1.807) is 12.1 Å². The number of ether oxygens (including phenoxy) is 1. The first kappa shape index (κ1) is 13.5. The lowest BCUT2D eigenvalue weighted by Crippen LogP contribution is -2.03. The van der Waals surface area contributed by atoms with Crippen LogP contribution in [0.3, 0.4) is 0 Å². The summed E-state index contributed by atoms with van der Waals surface area (Å²) in [5, 5.41) is 0. The molecule has 0 N–H and O–H groups in total. The molecule has 0 saturated carbocycles. The second-order valence-corrected chi connectivity index (χ2v) is 5.93. The molecule has 0 aliphatic rings. The number of rotatable bonds is 5. The van der Waals surface area contributed by atoms with Crippen LogP contribution in [0.5, 0.6) is 0 Å². The van der Waals surface area contributed by atoms with Gasteiger partial charge in [0, 0.05) is 17.3 Å². The van der Waals surface area contributed by atoms with E-state index in [0.717, 1.165) is 12.0 Å². The first-order chi connectivity index (χ1) is 7.49. The molecule has 0 heterocycles. The molecule has 0 amide bonds. The van der Waals surface area contributed by atoms with Gasteiger partial charge in [0.25, 0.3) is 9.05 Å². The van der Waals surface area contributed by atoms with Crippen LogP contribution in [-0.4, -0.2) is 15.0 Å². The highest BCUT2D eigenvalue weighted by Crippen LogP contribution is 2.23. The van der Waals surface area contributed by atoms with E-state index in [4.69, 9.17) is 15.4 Å². The summed E-state index contributed by atoms with van der Waals surface area (Å²) in [7, 11) is 1.59. The van der Waals surface area contributed by atoms with Gasteiger partial charge in [-0.3, -0.25) is 0 Å². The Hall–Kier alpha value is -0.580. The monoisotopic (exact) mass is 262 g/mol. The SMILES string of the molecule is CCOC(CC)c1ccc(S(=O)(=O)Cl)cc1. The van der Waals surface area contributed by atoms with Gasteiger partial charge in [-0.2, -0.15) is 0 Å². The molecule has 1 atom stereocenters. The zero-order valence-electron chi connectivity index (χ0n) is 9.31. The molecular weight excluding hydrogens is 248 g/mol. The molecule has 0 fully saturated rings. The first-order valence-electron chi connectivity index (χ1n) is 5.15. The van der Waals surface area contributed by atoms with Crippen molar-refractivity contribution < 1.29 is 13.2 Å². The molecule has 0 aliphatic heterocycles. The second-order valence-electron chi connectivity index (χ2n) is 3.36. The van der Waals surface area contributed by atoms with Crippen molar-refractivity contribution in [3.05, 3.63) is 29.8 Å². The van der Waals surface area contributed by atoms with E-state index in [0.29, 0.717) is 6.61 Å². The third-order valence-electron chi connectivity index (χ3n) is 2.27. The van der Waals surface area contributed by atoms with Crippen molar-refractivity contribution in [3.8, 4) is 0 Å². The quantitative estimate of drug-likeness (QED) is 0.766. The van der Waals surface area contributed by atoms with Gasteiger partial charge in [0.1, 0.15) is 0 Å². The molecule has 90 valence electrons. The molecule has 3 nitrogen and oxygen atoms in total. The Morgan fingerprint density at radius 3 is 2.19 bits per heavy atom. The molecule has 1 rings (SSSR count). The third-order valence-corrected chi connectivity index (χ3v) is 3.64. The molecule has 0 spiro atoms. The lowest BCUT2D eigenvalue weighted by molar-refractivity contribution is 0.0598. The summed E-state index contributed by atoms with van der Waals surface area (Å²) in [6.07, 6.45) is 0.859. The minimum Gasteiger partial charge on any atom is -0.374 e. The minimum atomic E-state index is -3.63. The minimum absolute atomic E-state index is 0.0112. The predicted octanol–water partition coefficient (Wildman–Crippen LogP) is 3.10. The Kier molecular flexibility index (Phi) is 4.77. The van der Waals surface area contributed by atoms with E-state index in [1.807, 2.05) is 13.8 Å². The Morgan fingerprint density at radius 1 is 1.25 bits per heavy atom. The topological polar surface area (TPSA) is 43.4 Å². The van der Waals surface area contributed by atoms with Crippen LogP contribution in [-0.2, 0) is 13.8 Å². The fraction of sp³-hybridized carbons (Fsp3) is 0.455. The standard InChI is InChI=1S/C11H15ClO3S/c1-3-11(15-4-2)9-5-7-10(8-6-9)16(12,13)14/h5-8,11H,3-4H2,1-2H3. The average Bonchev–Trinajstić information content (AvgIpc) is 2.25. The van der Waals surface area contributed by atoms with E-state index in [2.05, 4.69) is 0 Å². The summed E-state index contributed by atoms with van der Waals surface area (Å²) in [5.41, 5.74) is 0.966. The van der Waals surface area contributed by atoms with E-state index < -0.39 is 9.05 Å². The van der Waals surface area contributed by atoms with E-state index >= 15 is 0 Å². The van der Waals surface area contributed by atoms with Crippen LogP contribution in [0.4, 0.5) is 0 Å². The van der Waals surface area contributed by atoms with E-state index in [9.17, 15) is 8.42 Å². The van der Waals surface area contributed by atoms with Crippen LogP contribution >= 0.6 is 10.7 Å². The lowest BCUT2D eigenvalue weighted by atomic mass is 10.1. The van der Waals surface area contributed by atoms with Gasteiger partial charge in [0.2, 0.25) is 0 Å². The number of halogens is 1. The van der Waals surface area contributed by atoms with Gasteiger partial charge < -0.3 is 4.74 Å². The molecule has 16 heavy (non-hydrogen) atoms. The molecule has 5 heteroatoms. The molecule has 0 bridgehead atoms. The molecule has 0 radical (unpaired) electrons. The summed E-state index contributed by atoms with van der Waals surface area (Å²) >= 11 is 0. The van der Waals surface area contributed by atoms with Crippen LogP contribution in [0.1, 0.15) is 31.9 Å². The van der Waals surface area contributed by atoms with Crippen molar-refractivity contribution in [2.75, 3.05) is 6.61 Å². The van der Waals surface area contributed by atoms with Crippen LogP contribution in [0.15, 0.2) is 29.2 Å². The smallest absolute Gasteiger partial charge is 0.261 e. The van der Waals surface area contributed by atoms with Gasteiger partial charge in [0.05, 0.1) is 11.0 Å². The van der Waals surface area contributed by atoms with Crippen molar-refractivity contribution in [2.45, 2.75) is 31.3 Å². The average molecular weight is 263 g/mol. The molecule has 1 aromatic carbocycles. The Balaban J connectivity index is 2.93. The fourth-order valence-electron chi connectivity index (χ4n) is 1.50. The molecule has 1 aromatic rings. The number of hydrogen-bond acceptors (Lipinski definition) is 3. The highest BCUT2D eigenvalue weighted by molar-refractivity contribution is 8.13. The largest absolute Gasteiger partial charge is 0.374 e. The van der Waals surface area contributed by atoms with Crippen molar-refractivity contribution in [2.24, 2.45) is 0 Å². The van der Waals surface area contributed by atoms with Crippen LogP contribution in [0, 0.1) is 0 Å². The van der Waals surface area contributed by atoms with Crippen molar-refractivity contribution in [1.29, 1.82) is 0 Å². The zero-order valence-corrected chi connectivity index (χ0v) is 10.9. The van der Waals surface area contributed by atoms with E-state index in [-0.39, 0.29) is 11.0 Å². The summed E-state index contributed by atoms with van der Waals surface area (Å²) in [6, 6.07) is 6.47. The summed E-state index contributed by atoms with van der Waals surface area (Å²) in [5.74, 6) is 0. The van der Waals surface area contributed by atoms with Gasteiger partial charge in [0.15, 0.2) is 0 Å². The Morgan fingerprint density at radius 2 is 1.81 bits per heavy atom. The maximum atomic E-state index is 11.0. The van der Waals surface area contributed by atoms with Crippen molar-refractivity contribution >= 4 is 19.7 Å². The van der Waals surface area contributed by atoms with Gasteiger partial charge in [-0.15, -0.1) is 0 Å². The van der Waals surface area contributed by atoms with Gasteiger partial charge in [-0.05, 0) is 31.0 Å². The highest BCUT2D eigenvalue weighted by Gasteiger charge is 2.12. The normalized spacial score (nSPS) is 13.7.